The number of nitrogens with zero attached hydrogens (tertiary/aromatic N) is 3. The van der Waals surface area contributed by atoms with Gasteiger partial charge in [0.2, 0.25) is 0 Å². The largest absolute Gasteiger partial charge is 0.307 e. The van der Waals surface area contributed by atoms with Crippen molar-refractivity contribution in [2.75, 3.05) is 0 Å². The summed E-state index contributed by atoms with van der Waals surface area (Å²) in [7, 11) is 0. The molecule has 0 spiro atoms. The molecule has 0 saturated carbocycles. The lowest BCUT2D eigenvalue weighted by Crippen LogP contribution is -2.10. The Labute approximate surface area is 111 Å². The second-order valence-corrected chi connectivity index (χ2v) is 4.50. The van der Waals surface area contributed by atoms with E-state index in [9.17, 15) is 14.9 Å². The van der Waals surface area contributed by atoms with Gasteiger partial charge in [0.1, 0.15) is 18.9 Å². The summed E-state index contributed by atoms with van der Waals surface area (Å²) in [5, 5.41) is 14.2. The average molecular weight is 310 g/mol. The first-order valence-corrected chi connectivity index (χ1v) is 5.81. The van der Waals surface area contributed by atoms with Crippen LogP contribution in [0, 0.1) is 10.1 Å². The molecule has 92 valence electrons. The zero-order valence-electron chi connectivity index (χ0n) is 9.12. The number of hydrogen-bond donors (Lipinski definition) is 0. The fourth-order valence-electron chi connectivity index (χ4n) is 1.41. The van der Waals surface area contributed by atoms with Crippen LogP contribution >= 0.6 is 15.9 Å². The van der Waals surface area contributed by atoms with Crippen molar-refractivity contribution in [3.8, 4) is 0 Å². The van der Waals surface area contributed by atoms with E-state index in [1.54, 1.807) is 24.3 Å². The average Bonchev–Trinajstić information content (AvgIpc) is 2.78. The van der Waals surface area contributed by atoms with Gasteiger partial charge in [0.25, 0.3) is 0 Å². The van der Waals surface area contributed by atoms with Crippen LogP contribution in [0.25, 0.3) is 0 Å². The number of hydrogen-bond acceptors (Lipinski definition) is 4. The van der Waals surface area contributed by atoms with Crippen molar-refractivity contribution in [2.24, 2.45) is 0 Å². The van der Waals surface area contributed by atoms with E-state index in [0.717, 1.165) is 10.7 Å². The third kappa shape index (κ3) is 2.80. The molecule has 0 saturated heterocycles. The maximum absolute atomic E-state index is 11.9. The molecule has 0 N–H and O–H groups in total. The van der Waals surface area contributed by atoms with E-state index >= 15 is 0 Å². The molecule has 0 unspecified atom stereocenters. The molecule has 0 atom stereocenters. The quantitative estimate of drug-likeness (QED) is 0.493. The molecule has 18 heavy (non-hydrogen) atoms. The summed E-state index contributed by atoms with van der Waals surface area (Å²) in [5.74, 6) is -0.152. The summed E-state index contributed by atoms with van der Waals surface area (Å²) in [6, 6.07) is 6.90. The van der Waals surface area contributed by atoms with Gasteiger partial charge in [-0.15, -0.1) is 0 Å². The second-order valence-electron chi connectivity index (χ2n) is 3.58. The highest BCUT2D eigenvalue weighted by Crippen LogP contribution is 2.12. The molecule has 2 aromatic rings. The van der Waals surface area contributed by atoms with Crippen LogP contribution < -0.4 is 0 Å². The van der Waals surface area contributed by atoms with Gasteiger partial charge < -0.3 is 0 Å². The number of Topliss-reactive ketones (excluding diaryl/α,β-unsaturated/α-hetero) is 1. The minimum Gasteiger partial charge on any atom is -0.292 e. The number of rotatable bonds is 4. The predicted octanol–water partition coefficient (Wildman–Crippen LogP) is 2.44. The number of carbonyl (C=O) groups is 1. The first-order valence-electron chi connectivity index (χ1n) is 5.02. The molecular formula is C11H8BrN3O3. The van der Waals surface area contributed by atoms with Crippen LogP contribution in [0.3, 0.4) is 0 Å². The lowest BCUT2D eigenvalue weighted by atomic mass is 10.1. The smallest absolute Gasteiger partial charge is 0.292 e. The molecule has 6 nitrogen and oxygen atoms in total. The van der Waals surface area contributed by atoms with Crippen molar-refractivity contribution in [2.45, 2.75) is 6.54 Å². The van der Waals surface area contributed by atoms with Crippen molar-refractivity contribution in [3.63, 3.8) is 0 Å². The molecule has 0 bridgehead atoms. The topological polar surface area (TPSA) is 78.0 Å². The fourth-order valence-corrected chi connectivity index (χ4v) is 1.67. The van der Waals surface area contributed by atoms with E-state index in [1.807, 2.05) is 0 Å². The summed E-state index contributed by atoms with van der Waals surface area (Å²) in [4.78, 5) is 21.8. The summed E-state index contributed by atoms with van der Waals surface area (Å²) in [6.07, 6.45) is 2.35. The fraction of sp³-hybridized carbons (Fsp3) is 0.0909. The molecule has 0 amide bonds. The van der Waals surface area contributed by atoms with Gasteiger partial charge in [-0.2, -0.15) is 5.10 Å². The van der Waals surface area contributed by atoms with Crippen LogP contribution in [0.5, 0.6) is 0 Å². The number of nitro groups is 1. The Hall–Kier alpha value is -2.02. The number of halogens is 1. The van der Waals surface area contributed by atoms with Gasteiger partial charge in [0.05, 0.1) is 4.92 Å². The van der Waals surface area contributed by atoms with Gasteiger partial charge in [-0.1, -0.05) is 28.1 Å². The van der Waals surface area contributed by atoms with E-state index in [2.05, 4.69) is 21.0 Å². The maximum Gasteiger partial charge on any atom is 0.307 e. The Bertz CT molecular complexity index is 592. The molecule has 1 heterocycles. The van der Waals surface area contributed by atoms with Crippen LogP contribution in [-0.2, 0) is 6.54 Å². The van der Waals surface area contributed by atoms with Crippen molar-refractivity contribution >= 4 is 27.4 Å². The van der Waals surface area contributed by atoms with Crippen molar-refractivity contribution < 1.29 is 9.72 Å². The van der Waals surface area contributed by atoms with Gasteiger partial charge in [-0.3, -0.25) is 19.6 Å². The molecule has 1 aromatic heterocycles. The molecule has 2 rings (SSSR count). The van der Waals surface area contributed by atoms with Crippen molar-refractivity contribution in [1.82, 2.24) is 9.78 Å². The molecule has 7 heteroatoms. The van der Waals surface area contributed by atoms with E-state index in [0.29, 0.717) is 5.56 Å². The highest BCUT2D eigenvalue weighted by Gasteiger charge is 2.12. The Balaban J connectivity index is 2.11. The Kier molecular flexibility index (Phi) is 3.52. The molecule has 1 aromatic carbocycles. The standard InChI is InChI=1S/C11H8BrN3O3/c12-9-3-1-8(2-4-9)11(16)7-14-6-10(5-13-14)15(17)18/h1-6H,7H2. The first-order chi connectivity index (χ1) is 8.56. The minimum atomic E-state index is -0.548. The molecule has 0 fully saturated rings. The van der Waals surface area contributed by atoms with Crippen molar-refractivity contribution in [1.29, 1.82) is 0 Å². The Morgan fingerprint density at radius 1 is 1.39 bits per heavy atom. The number of aromatic nitrogens is 2. The SMILES string of the molecule is O=C(Cn1cc([N+](=O)[O-])cn1)c1ccc(Br)cc1. The van der Waals surface area contributed by atoms with Gasteiger partial charge in [0, 0.05) is 10.0 Å². The molecule has 0 aliphatic rings. The molecular weight excluding hydrogens is 302 g/mol. The van der Waals surface area contributed by atoms with E-state index in [1.165, 1.54) is 10.9 Å². The number of benzene rings is 1. The summed E-state index contributed by atoms with van der Waals surface area (Å²) < 4.78 is 2.14. The van der Waals surface area contributed by atoms with Gasteiger partial charge >= 0.3 is 5.69 Å². The number of ketones is 1. The molecule has 0 radical (unpaired) electrons. The van der Waals surface area contributed by atoms with E-state index < -0.39 is 4.92 Å². The van der Waals surface area contributed by atoms with Gasteiger partial charge in [-0.05, 0) is 12.1 Å². The van der Waals surface area contributed by atoms with Gasteiger partial charge in [-0.25, -0.2) is 0 Å². The zero-order valence-corrected chi connectivity index (χ0v) is 10.7. The molecule has 0 aliphatic carbocycles. The van der Waals surface area contributed by atoms with Crippen LogP contribution in [0.15, 0.2) is 41.1 Å². The minimum absolute atomic E-state index is 0.0184. The third-order valence-corrected chi connectivity index (χ3v) is 2.83. The molecule has 0 aliphatic heterocycles. The second kappa shape index (κ2) is 5.09. The zero-order chi connectivity index (χ0) is 13.1. The summed E-state index contributed by atoms with van der Waals surface area (Å²) in [6.45, 7) is -0.0184. The summed E-state index contributed by atoms with van der Waals surface area (Å²) in [5.41, 5.74) is 0.412. The van der Waals surface area contributed by atoms with Gasteiger partial charge in [0.15, 0.2) is 5.78 Å². The van der Waals surface area contributed by atoms with Crippen LogP contribution in [0.4, 0.5) is 5.69 Å². The maximum atomic E-state index is 11.9. The van der Waals surface area contributed by atoms with E-state index in [4.69, 9.17) is 0 Å². The van der Waals surface area contributed by atoms with Crippen LogP contribution in [0.2, 0.25) is 0 Å². The first kappa shape index (κ1) is 12.4. The Morgan fingerprint density at radius 3 is 2.61 bits per heavy atom. The van der Waals surface area contributed by atoms with Crippen LogP contribution in [0.1, 0.15) is 10.4 Å². The highest BCUT2D eigenvalue weighted by atomic mass is 79.9. The van der Waals surface area contributed by atoms with Crippen LogP contribution in [-0.4, -0.2) is 20.5 Å². The number of carbonyl (C=O) groups excluding carboxylic acids is 1. The lowest BCUT2D eigenvalue weighted by molar-refractivity contribution is -0.385. The Morgan fingerprint density at radius 2 is 2.06 bits per heavy atom. The van der Waals surface area contributed by atoms with Crippen molar-refractivity contribution in [3.05, 3.63) is 56.8 Å². The lowest BCUT2D eigenvalue weighted by Gasteiger charge is -2.01. The highest BCUT2D eigenvalue weighted by molar-refractivity contribution is 9.10. The van der Waals surface area contributed by atoms with E-state index in [-0.39, 0.29) is 18.0 Å². The summed E-state index contributed by atoms with van der Waals surface area (Å²) >= 11 is 3.28. The normalized spacial score (nSPS) is 10.3. The predicted molar refractivity (Wildman–Crippen MR) is 67.4 cm³/mol. The third-order valence-electron chi connectivity index (χ3n) is 2.30. The monoisotopic (exact) mass is 309 g/mol.